The number of benzene rings is 2. The van der Waals surface area contributed by atoms with Crippen LogP contribution in [-0.4, -0.2) is 9.55 Å². The number of aromatic nitrogens is 2. The Morgan fingerprint density at radius 2 is 1.76 bits per heavy atom. The number of nitrogens with zero attached hydrogens (tertiary/aromatic N) is 2. The first-order valence-corrected chi connectivity index (χ1v) is 8.18. The first-order valence-electron chi connectivity index (χ1n) is 6.35. The van der Waals surface area contributed by atoms with Gasteiger partial charge in [-0.05, 0) is 46.9 Å². The number of hydrogen-bond acceptors (Lipinski definition) is 1. The molecule has 0 bridgehead atoms. The molecule has 0 unspecified atom stereocenters. The van der Waals surface area contributed by atoms with Crippen LogP contribution in [0.3, 0.4) is 0 Å². The molecule has 1 heterocycles. The molecule has 5 heteroatoms. The van der Waals surface area contributed by atoms with Gasteiger partial charge in [-0.3, -0.25) is 0 Å². The van der Waals surface area contributed by atoms with Crippen molar-refractivity contribution >= 4 is 45.8 Å². The fourth-order valence-electron chi connectivity index (χ4n) is 2.18. The molecule has 3 aromatic rings. The molecular weight excluding hydrogens is 418 g/mol. The summed E-state index contributed by atoms with van der Waals surface area (Å²) in [7, 11) is 0. The van der Waals surface area contributed by atoms with Gasteiger partial charge in [-0.25, -0.2) is 4.98 Å². The van der Waals surface area contributed by atoms with Gasteiger partial charge < -0.3 is 4.57 Å². The second kappa shape index (κ2) is 6.38. The topological polar surface area (TPSA) is 17.8 Å². The fraction of sp³-hybridized carbons (Fsp3) is 0.0625. The molecule has 0 saturated heterocycles. The molecule has 3 rings (SSSR count). The molecule has 1 aromatic heterocycles. The zero-order chi connectivity index (χ0) is 14.8. The summed E-state index contributed by atoms with van der Waals surface area (Å²) < 4.78 is 3.23. The normalized spacial score (nSPS) is 10.8. The monoisotopic (exact) mass is 428 g/mol. The van der Waals surface area contributed by atoms with Crippen molar-refractivity contribution < 1.29 is 0 Å². The van der Waals surface area contributed by atoms with Crippen LogP contribution >= 0.6 is 45.8 Å². The zero-order valence-electron chi connectivity index (χ0n) is 10.9. The average Bonchev–Trinajstić information content (AvgIpc) is 2.91. The second-order valence-corrected chi connectivity index (χ2v) is 6.65. The maximum atomic E-state index is 6.25. The standard InChI is InChI=1S/C16H11Cl2IN2/c17-14-5-2-6-15(18)13(14)10-21-8-7-20-16(21)11-3-1-4-12(19)9-11/h1-9H,10H2. The predicted octanol–water partition coefficient (Wildman–Crippen LogP) is 5.51. The SMILES string of the molecule is Clc1cccc(Cl)c1Cn1ccnc1-c1cccc(I)c1. The predicted molar refractivity (Wildman–Crippen MR) is 95.9 cm³/mol. The molecule has 0 amide bonds. The van der Waals surface area contributed by atoms with Crippen molar-refractivity contribution in [2.75, 3.05) is 0 Å². The maximum Gasteiger partial charge on any atom is 0.140 e. The minimum absolute atomic E-state index is 0.597. The summed E-state index contributed by atoms with van der Waals surface area (Å²) in [4.78, 5) is 4.46. The Labute approximate surface area is 146 Å². The van der Waals surface area contributed by atoms with Gasteiger partial charge in [0.2, 0.25) is 0 Å². The summed E-state index contributed by atoms with van der Waals surface area (Å²) in [5.41, 5.74) is 1.99. The minimum atomic E-state index is 0.597. The Bertz CT molecular complexity index is 763. The Morgan fingerprint density at radius 1 is 1.05 bits per heavy atom. The molecule has 0 atom stereocenters. The van der Waals surface area contributed by atoms with E-state index in [2.05, 4.69) is 50.3 Å². The van der Waals surface area contributed by atoms with Gasteiger partial charge in [0.15, 0.2) is 0 Å². The van der Waals surface area contributed by atoms with E-state index in [0.717, 1.165) is 17.0 Å². The first kappa shape index (κ1) is 14.9. The van der Waals surface area contributed by atoms with Crippen molar-refractivity contribution in [1.29, 1.82) is 0 Å². The van der Waals surface area contributed by atoms with Gasteiger partial charge in [-0.2, -0.15) is 0 Å². The van der Waals surface area contributed by atoms with Gasteiger partial charge in [-0.1, -0.05) is 41.4 Å². The van der Waals surface area contributed by atoms with Gasteiger partial charge in [0.05, 0.1) is 6.54 Å². The van der Waals surface area contributed by atoms with Gasteiger partial charge in [0.25, 0.3) is 0 Å². The molecule has 0 aliphatic carbocycles. The number of rotatable bonds is 3. The minimum Gasteiger partial charge on any atom is -0.326 e. The van der Waals surface area contributed by atoms with Gasteiger partial charge in [0.1, 0.15) is 5.82 Å². The Balaban J connectivity index is 2.00. The highest BCUT2D eigenvalue weighted by atomic mass is 127. The second-order valence-electron chi connectivity index (χ2n) is 4.59. The van der Waals surface area contributed by atoms with E-state index in [1.165, 1.54) is 3.57 Å². The van der Waals surface area contributed by atoms with Crippen LogP contribution in [0.25, 0.3) is 11.4 Å². The van der Waals surface area contributed by atoms with Crippen LogP contribution in [0.2, 0.25) is 10.0 Å². The zero-order valence-corrected chi connectivity index (χ0v) is 14.6. The molecule has 2 nitrogen and oxygen atoms in total. The van der Waals surface area contributed by atoms with Crippen molar-refractivity contribution in [2.45, 2.75) is 6.54 Å². The van der Waals surface area contributed by atoms with E-state index in [-0.39, 0.29) is 0 Å². The third-order valence-corrected chi connectivity index (χ3v) is 4.57. The van der Waals surface area contributed by atoms with Crippen molar-refractivity contribution in [3.8, 4) is 11.4 Å². The van der Waals surface area contributed by atoms with Crippen LogP contribution in [0, 0.1) is 3.57 Å². The molecule has 21 heavy (non-hydrogen) atoms. The summed E-state index contributed by atoms with van der Waals surface area (Å²) in [5.74, 6) is 0.907. The van der Waals surface area contributed by atoms with Crippen LogP contribution in [0.4, 0.5) is 0 Å². The van der Waals surface area contributed by atoms with Crippen molar-refractivity contribution in [2.24, 2.45) is 0 Å². The molecule has 106 valence electrons. The van der Waals surface area contributed by atoms with E-state index in [9.17, 15) is 0 Å². The highest BCUT2D eigenvalue weighted by Gasteiger charge is 2.11. The maximum absolute atomic E-state index is 6.25. The molecule has 0 radical (unpaired) electrons. The van der Waals surface area contributed by atoms with Crippen LogP contribution in [0.5, 0.6) is 0 Å². The summed E-state index contributed by atoms with van der Waals surface area (Å²) in [5, 5.41) is 1.34. The van der Waals surface area contributed by atoms with E-state index in [1.807, 2.05) is 30.5 Å². The number of imidazole rings is 1. The van der Waals surface area contributed by atoms with Crippen molar-refractivity contribution in [3.05, 3.63) is 74.0 Å². The molecule has 0 aliphatic heterocycles. The first-order chi connectivity index (χ1) is 10.1. The Morgan fingerprint density at radius 3 is 2.48 bits per heavy atom. The molecule has 0 N–H and O–H groups in total. The van der Waals surface area contributed by atoms with Crippen LogP contribution in [0.1, 0.15) is 5.56 Å². The third-order valence-electron chi connectivity index (χ3n) is 3.19. The summed E-state index contributed by atoms with van der Waals surface area (Å²) in [6.45, 7) is 0.597. The highest BCUT2D eigenvalue weighted by Crippen LogP contribution is 2.27. The molecule has 0 spiro atoms. The molecule has 2 aromatic carbocycles. The lowest BCUT2D eigenvalue weighted by atomic mass is 10.2. The van der Waals surface area contributed by atoms with Gasteiger partial charge >= 0.3 is 0 Å². The van der Waals surface area contributed by atoms with Gasteiger partial charge in [0, 0.05) is 37.1 Å². The fourth-order valence-corrected chi connectivity index (χ4v) is 3.24. The molecule has 0 saturated carbocycles. The lowest BCUT2D eigenvalue weighted by molar-refractivity contribution is 0.807. The van der Waals surface area contributed by atoms with Crippen LogP contribution in [-0.2, 0) is 6.54 Å². The van der Waals surface area contributed by atoms with Crippen LogP contribution < -0.4 is 0 Å². The highest BCUT2D eigenvalue weighted by molar-refractivity contribution is 14.1. The van der Waals surface area contributed by atoms with E-state index in [0.29, 0.717) is 16.6 Å². The lowest BCUT2D eigenvalue weighted by Crippen LogP contribution is -2.02. The number of hydrogen-bond donors (Lipinski definition) is 0. The number of halogens is 3. The van der Waals surface area contributed by atoms with E-state index >= 15 is 0 Å². The summed E-state index contributed by atoms with van der Waals surface area (Å²) in [6, 6.07) is 13.8. The Kier molecular flexibility index (Phi) is 4.52. The van der Waals surface area contributed by atoms with Crippen molar-refractivity contribution in [3.63, 3.8) is 0 Å². The smallest absolute Gasteiger partial charge is 0.140 e. The largest absolute Gasteiger partial charge is 0.326 e. The molecular formula is C16H11Cl2IN2. The lowest BCUT2D eigenvalue weighted by Gasteiger charge is -2.11. The molecule has 0 fully saturated rings. The third kappa shape index (κ3) is 3.25. The van der Waals surface area contributed by atoms with E-state index in [1.54, 1.807) is 6.20 Å². The summed E-state index contributed by atoms with van der Waals surface area (Å²) in [6.07, 6.45) is 3.73. The Hall–Kier alpha value is -1.04. The van der Waals surface area contributed by atoms with Gasteiger partial charge in [-0.15, -0.1) is 0 Å². The quantitative estimate of drug-likeness (QED) is 0.503. The molecule has 0 aliphatic rings. The summed E-state index contributed by atoms with van der Waals surface area (Å²) >= 11 is 14.8. The van der Waals surface area contributed by atoms with Crippen molar-refractivity contribution in [1.82, 2.24) is 9.55 Å². The average molecular weight is 429 g/mol. The van der Waals surface area contributed by atoms with E-state index in [4.69, 9.17) is 23.2 Å². The van der Waals surface area contributed by atoms with E-state index < -0.39 is 0 Å². The van der Waals surface area contributed by atoms with Crippen LogP contribution in [0.15, 0.2) is 54.9 Å².